The highest BCUT2D eigenvalue weighted by atomic mass is 127. The Morgan fingerprint density at radius 3 is 2.35 bits per heavy atom. The Morgan fingerprint density at radius 1 is 1.15 bits per heavy atom. The number of hydrogen-bond donors (Lipinski definition) is 2. The lowest BCUT2D eigenvalue weighted by Crippen LogP contribution is -2.46. The Hall–Kier alpha value is -0.570. The van der Waals surface area contributed by atoms with E-state index in [9.17, 15) is 4.79 Å². The van der Waals surface area contributed by atoms with Gasteiger partial charge in [0.05, 0.1) is 0 Å². The summed E-state index contributed by atoms with van der Waals surface area (Å²) in [5.41, 5.74) is 0. The zero-order chi connectivity index (χ0) is 18.5. The van der Waals surface area contributed by atoms with E-state index in [0.29, 0.717) is 12.3 Å². The summed E-state index contributed by atoms with van der Waals surface area (Å²) in [6, 6.07) is 0. The van der Waals surface area contributed by atoms with E-state index in [4.69, 9.17) is 4.99 Å². The molecule has 26 heavy (non-hydrogen) atoms. The molecule has 0 saturated carbocycles. The molecule has 0 bridgehead atoms. The molecule has 2 N–H and O–H groups in total. The Labute approximate surface area is 177 Å². The zero-order valence-electron chi connectivity index (χ0n) is 17.2. The van der Waals surface area contributed by atoms with Gasteiger partial charge in [0.2, 0.25) is 5.91 Å². The average Bonchev–Trinajstić information content (AvgIpc) is 2.64. The van der Waals surface area contributed by atoms with Crippen molar-refractivity contribution in [3.8, 4) is 0 Å². The van der Waals surface area contributed by atoms with Crippen LogP contribution < -0.4 is 10.6 Å². The van der Waals surface area contributed by atoms with Crippen molar-refractivity contribution in [2.24, 2.45) is 10.9 Å². The number of rotatable bonds is 10. The molecule has 0 aromatic rings. The maximum Gasteiger partial charge on any atom is 0.220 e. The second-order valence-electron chi connectivity index (χ2n) is 6.78. The number of likely N-dealkylation sites (tertiary alicyclic amines) is 1. The molecular weight excluding hydrogens is 441 g/mol. The fourth-order valence-corrected chi connectivity index (χ4v) is 3.31. The molecule has 0 aliphatic carbocycles. The molecule has 0 radical (unpaired) electrons. The largest absolute Gasteiger partial charge is 0.359 e. The number of carbonyl (C=O) groups excluding carboxylic acids is 1. The molecule has 1 aliphatic rings. The molecule has 1 aliphatic heterocycles. The number of hydrogen-bond acceptors (Lipinski definition) is 3. The first-order chi connectivity index (χ1) is 12.1. The second-order valence-corrected chi connectivity index (χ2v) is 6.78. The predicted molar refractivity (Wildman–Crippen MR) is 121 cm³/mol. The number of piperidine rings is 1. The van der Waals surface area contributed by atoms with Crippen molar-refractivity contribution in [1.29, 1.82) is 0 Å². The molecule has 1 amide bonds. The maximum absolute atomic E-state index is 11.5. The maximum atomic E-state index is 11.5. The van der Waals surface area contributed by atoms with Gasteiger partial charge in [-0.2, -0.15) is 0 Å². The molecule has 0 aromatic carbocycles. The lowest BCUT2D eigenvalue weighted by Gasteiger charge is -2.34. The fourth-order valence-electron chi connectivity index (χ4n) is 3.31. The molecule has 0 spiro atoms. The monoisotopic (exact) mass is 481 g/mol. The number of halogens is 1. The zero-order valence-corrected chi connectivity index (χ0v) is 19.6. The molecule has 1 fully saturated rings. The van der Waals surface area contributed by atoms with E-state index in [1.54, 1.807) is 7.05 Å². The molecule has 7 heteroatoms. The Morgan fingerprint density at radius 2 is 1.81 bits per heavy atom. The Balaban J connectivity index is 0.00000625. The van der Waals surface area contributed by atoms with Crippen LogP contribution in [0.3, 0.4) is 0 Å². The van der Waals surface area contributed by atoms with Crippen LogP contribution >= 0.6 is 24.0 Å². The first kappa shape index (κ1) is 25.4. The van der Waals surface area contributed by atoms with E-state index in [2.05, 4.69) is 41.2 Å². The van der Waals surface area contributed by atoms with E-state index in [0.717, 1.165) is 64.5 Å². The molecule has 0 aromatic heterocycles. The topological polar surface area (TPSA) is 60.0 Å². The molecular formula is C19H40IN5O. The lowest BCUT2D eigenvalue weighted by atomic mass is 9.93. The highest BCUT2D eigenvalue weighted by Gasteiger charge is 2.22. The van der Waals surface area contributed by atoms with Gasteiger partial charge in [-0.3, -0.25) is 9.79 Å². The van der Waals surface area contributed by atoms with Gasteiger partial charge >= 0.3 is 0 Å². The summed E-state index contributed by atoms with van der Waals surface area (Å²) >= 11 is 0. The van der Waals surface area contributed by atoms with Crippen LogP contribution in [-0.4, -0.2) is 74.5 Å². The summed E-state index contributed by atoms with van der Waals surface area (Å²) < 4.78 is 0. The minimum absolute atomic E-state index is 0. The quantitative estimate of drug-likeness (QED) is 0.218. The van der Waals surface area contributed by atoms with Crippen molar-refractivity contribution in [1.82, 2.24) is 20.4 Å². The van der Waals surface area contributed by atoms with Gasteiger partial charge < -0.3 is 20.4 Å². The summed E-state index contributed by atoms with van der Waals surface area (Å²) in [6.07, 6.45) is 5.14. The van der Waals surface area contributed by atoms with Crippen molar-refractivity contribution >= 4 is 35.8 Å². The number of amides is 1. The number of aliphatic imine (C=N–C) groups is 1. The minimum atomic E-state index is 0. The third-order valence-electron chi connectivity index (χ3n) is 5.04. The SMILES string of the molecule is CCNC(=NCCCCN(CC)CC)N1CCC(CC(=O)NC)CC1.I. The highest BCUT2D eigenvalue weighted by molar-refractivity contribution is 14.0. The van der Waals surface area contributed by atoms with Gasteiger partial charge in [0.1, 0.15) is 0 Å². The van der Waals surface area contributed by atoms with Gasteiger partial charge in [0, 0.05) is 39.6 Å². The third-order valence-corrected chi connectivity index (χ3v) is 5.04. The summed E-state index contributed by atoms with van der Waals surface area (Å²) in [6.45, 7) is 13.8. The number of unbranched alkanes of at least 4 members (excludes halogenated alkanes) is 1. The van der Waals surface area contributed by atoms with Crippen LogP contribution in [0.25, 0.3) is 0 Å². The summed E-state index contributed by atoms with van der Waals surface area (Å²) in [7, 11) is 1.72. The standard InChI is InChI=1S/C19H39N5O.HI/c1-5-21-19(22-12-8-9-13-23(6-2)7-3)24-14-10-17(11-15-24)16-18(25)20-4;/h17H,5-16H2,1-4H3,(H,20,25)(H,21,22);1H. The Bertz CT molecular complexity index is 393. The summed E-state index contributed by atoms with van der Waals surface area (Å²) in [5.74, 6) is 1.71. The van der Waals surface area contributed by atoms with Gasteiger partial charge in [-0.05, 0) is 58.2 Å². The van der Waals surface area contributed by atoms with Crippen LogP contribution in [0.4, 0.5) is 0 Å². The first-order valence-corrected chi connectivity index (χ1v) is 10.1. The molecule has 1 saturated heterocycles. The number of nitrogens with zero attached hydrogens (tertiary/aromatic N) is 3. The van der Waals surface area contributed by atoms with Gasteiger partial charge in [-0.15, -0.1) is 24.0 Å². The molecule has 0 unspecified atom stereocenters. The van der Waals surface area contributed by atoms with Crippen LogP contribution in [-0.2, 0) is 4.79 Å². The molecule has 6 nitrogen and oxygen atoms in total. The van der Waals surface area contributed by atoms with Gasteiger partial charge in [0.15, 0.2) is 5.96 Å². The summed E-state index contributed by atoms with van der Waals surface area (Å²) in [5, 5.41) is 6.16. The van der Waals surface area contributed by atoms with Crippen LogP contribution in [0.5, 0.6) is 0 Å². The van der Waals surface area contributed by atoms with Gasteiger partial charge in [-0.1, -0.05) is 13.8 Å². The number of guanidine groups is 1. The van der Waals surface area contributed by atoms with Gasteiger partial charge in [-0.25, -0.2) is 0 Å². The number of nitrogens with one attached hydrogen (secondary N) is 2. The Kier molecular flexibility index (Phi) is 15.1. The molecule has 0 atom stereocenters. The minimum Gasteiger partial charge on any atom is -0.359 e. The van der Waals surface area contributed by atoms with Crippen molar-refractivity contribution in [2.45, 2.75) is 52.9 Å². The normalized spacial score (nSPS) is 15.7. The van der Waals surface area contributed by atoms with Crippen LogP contribution in [0.2, 0.25) is 0 Å². The van der Waals surface area contributed by atoms with Crippen molar-refractivity contribution in [2.75, 3.05) is 52.9 Å². The third kappa shape index (κ3) is 9.94. The fraction of sp³-hybridized carbons (Fsp3) is 0.895. The average molecular weight is 481 g/mol. The van der Waals surface area contributed by atoms with E-state index in [-0.39, 0.29) is 29.9 Å². The smallest absolute Gasteiger partial charge is 0.220 e. The van der Waals surface area contributed by atoms with E-state index >= 15 is 0 Å². The highest BCUT2D eigenvalue weighted by Crippen LogP contribution is 2.20. The summed E-state index contributed by atoms with van der Waals surface area (Å²) in [4.78, 5) is 21.2. The van der Waals surface area contributed by atoms with Crippen LogP contribution in [0.15, 0.2) is 4.99 Å². The van der Waals surface area contributed by atoms with E-state index in [1.807, 2.05) is 0 Å². The van der Waals surface area contributed by atoms with Crippen LogP contribution in [0, 0.1) is 5.92 Å². The van der Waals surface area contributed by atoms with Crippen molar-refractivity contribution < 1.29 is 4.79 Å². The molecule has 1 heterocycles. The molecule has 154 valence electrons. The lowest BCUT2D eigenvalue weighted by molar-refractivity contribution is -0.121. The van der Waals surface area contributed by atoms with E-state index < -0.39 is 0 Å². The van der Waals surface area contributed by atoms with Gasteiger partial charge in [0.25, 0.3) is 0 Å². The van der Waals surface area contributed by atoms with Crippen LogP contribution in [0.1, 0.15) is 52.9 Å². The second kappa shape index (κ2) is 15.5. The van der Waals surface area contributed by atoms with Crippen molar-refractivity contribution in [3.05, 3.63) is 0 Å². The predicted octanol–water partition coefficient (Wildman–Crippen LogP) is 2.54. The van der Waals surface area contributed by atoms with E-state index in [1.165, 1.54) is 13.0 Å². The van der Waals surface area contributed by atoms with Crippen molar-refractivity contribution in [3.63, 3.8) is 0 Å². The first-order valence-electron chi connectivity index (χ1n) is 10.1. The number of carbonyl (C=O) groups is 1. The molecule has 1 rings (SSSR count).